The molecule has 1 fully saturated rings. The van der Waals surface area contributed by atoms with Crippen molar-refractivity contribution in [3.63, 3.8) is 0 Å². The molecule has 0 N–H and O–H groups in total. The number of alkyl halides is 1. The lowest BCUT2D eigenvalue weighted by molar-refractivity contribution is 0.140. The molecule has 1 aromatic rings. The summed E-state index contributed by atoms with van der Waals surface area (Å²) in [4.78, 5) is 2.61. The van der Waals surface area contributed by atoms with Gasteiger partial charge in [0.05, 0.1) is 7.11 Å². The molecule has 112 valence electrons. The highest BCUT2D eigenvalue weighted by molar-refractivity contribution is 7.99. The molecule has 4 heteroatoms. The highest BCUT2D eigenvalue weighted by Crippen LogP contribution is 2.28. The van der Waals surface area contributed by atoms with Crippen LogP contribution in [-0.4, -0.2) is 42.0 Å². The molecule has 1 aliphatic heterocycles. The third-order valence-electron chi connectivity index (χ3n) is 4.09. The van der Waals surface area contributed by atoms with Crippen molar-refractivity contribution in [1.29, 1.82) is 0 Å². The topological polar surface area (TPSA) is 12.5 Å². The van der Waals surface area contributed by atoms with E-state index < -0.39 is 0 Å². The summed E-state index contributed by atoms with van der Waals surface area (Å²) in [6.07, 6.45) is 6.08. The zero-order chi connectivity index (χ0) is 14.4. The Bertz CT molecular complexity index is 394. The van der Waals surface area contributed by atoms with Crippen LogP contribution in [-0.2, 0) is 6.54 Å². The highest BCUT2D eigenvalue weighted by Gasteiger charge is 2.28. The normalized spacial score (nSPS) is 21.6. The molecule has 2 rings (SSSR count). The molecule has 20 heavy (non-hydrogen) atoms. The summed E-state index contributed by atoms with van der Waals surface area (Å²) >= 11 is 8.05. The van der Waals surface area contributed by atoms with Crippen molar-refractivity contribution in [1.82, 2.24) is 4.90 Å². The van der Waals surface area contributed by atoms with Crippen LogP contribution < -0.4 is 4.74 Å². The van der Waals surface area contributed by atoms with Gasteiger partial charge in [0, 0.05) is 23.7 Å². The van der Waals surface area contributed by atoms with Crippen molar-refractivity contribution in [2.45, 2.75) is 37.1 Å². The number of piperidine rings is 1. The summed E-state index contributed by atoms with van der Waals surface area (Å²) in [5.74, 6) is 1.66. The minimum absolute atomic E-state index is 0.537. The Kier molecular flexibility index (Phi) is 6.53. The first kappa shape index (κ1) is 16.0. The predicted octanol–water partition coefficient (Wildman–Crippen LogP) is 4.02. The fourth-order valence-corrected chi connectivity index (χ4v) is 4.25. The molecule has 0 spiro atoms. The first-order chi connectivity index (χ1) is 9.78. The number of benzene rings is 1. The second kappa shape index (κ2) is 8.16. The van der Waals surface area contributed by atoms with Gasteiger partial charge < -0.3 is 4.74 Å². The number of hydrogen-bond donors (Lipinski definition) is 0. The van der Waals surface area contributed by atoms with Gasteiger partial charge >= 0.3 is 0 Å². The Morgan fingerprint density at radius 3 is 2.70 bits per heavy atom. The van der Waals surface area contributed by atoms with Gasteiger partial charge in [-0.2, -0.15) is 11.8 Å². The maximum atomic E-state index is 6.14. The highest BCUT2D eigenvalue weighted by atomic mass is 35.5. The van der Waals surface area contributed by atoms with Crippen LogP contribution in [0.4, 0.5) is 0 Å². The molecule has 0 bridgehead atoms. The number of thioether (sulfide) groups is 1. The molecular formula is C16H24ClNOS. The Balaban J connectivity index is 2.03. The molecule has 0 saturated carbocycles. The van der Waals surface area contributed by atoms with Gasteiger partial charge in [-0.3, -0.25) is 4.90 Å². The Morgan fingerprint density at radius 2 is 2.10 bits per heavy atom. The summed E-state index contributed by atoms with van der Waals surface area (Å²) in [5.41, 5.74) is 1.35. The number of methoxy groups -OCH3 is 1. The first-order valence-corrected chi connectivity index (χ1v) is 9.06. The smallest absolute Gasteiger partial charge is 0.118 e. The maximum Gasteiger partial charge on any atom is 0.118 e. The molecule has 2 nitrogen and oxygen atoms in total. The summed E-state index contributed by atoms with van der Waals surface area (Å²) in [7, 11) is 1.71. The van der Waals surface area contributed by atoms with E-state index in [0.29, 0.717) is 11.3 Å². The van der Waals surface area contributed by atoms with E-state index in [1.807, 2.05) is 23.9 Å². The standard InChI is InChI=1S/C16H24ClNOS/c1-19-14-8-6-13(7-9-14)12-18-10-4-3-5-15(18)16(11-17)20-2/h6-9,15-16H,3-5,10-12H2,1-2H3. The van der Waals surface area contributed by atoms with Crippen LogP contribution in [0.5, 0.6) is 5.75 Å². The number of halogens is 1. The van der Waals surface area contributed by atoms with Crippen molar-refractivity contribution in [3.8, 4) is 5.75 Å². The predicted molar refractivity (Wildman–Crippen MR) is 89.1 cm³/mol. The summed E-state index contributed by atoms with van der Waals surface area (Å²) < 4.78 is 5.22. The van der Waals surface area contributed by atoms with Crippen molar-refractivity contribution < 1.29 is 4.74 Å². The van der Waals surface area contributed by atoms with Crippen LogP contribution in [0.15, 0.2) is 24.3 Å². The van der Waals surface area contributed by atoms with E-state index in [9.17, 15) is 0 Å². The fraction of sp³-hybridized carbons (Fsp3) is 0.625. The van der Waals surface area contributed by atoms with Gasteiger partial charge in [-0.15, -0.1) is 11.6 Å². The molecule has 1 saturated heterocycles. The monoisotopic (exact) mass is 313 g/mol. The summed E-state index contributed by atoms with van der Waals surface area (Å²) in [6.45, 7) is 2.20. The molecule has 0 amide bonds. The van der Waals surface area contributed by atoms with Gasteiger partial charge in [-0.1, -0.05) is 18.6 Å². The van der Waals surface area contributed by atoms with Gasteiger partial charge in [-0.25, -0.2) is 0 Å². The van der Waals surface area contributed by atoms with E-state index in [2.05, 4.69) is 23.3 Å². The lowest BCUT2D eigenvalue weighted by Crippen LogP contribution is -2.45. The third kappa shape index (κ3) is 4.06. The van der Waals surface area contributed by atoms with Crippen molar-refractivity contribution in [3.05, 3.63) is 29.8 Å². The quantitative estimate of drug-likeness (QED) is 0.736. The molecule has 1 heterocycles. The van der Waals surface area contributed by atoms with Gasteiger partial charge in [0.2, 0.25) is 0 Å². The van der Waals surface area contributed by atoms with E-state index in [1.54, 1.807) is 7.11 Å². The molecule has 0 aliphatic carbocycles. The molecule has 0 radical (unpaired) electrons. The van der Waals surface area contributed by atoms with Gasteiger partial charge in [0.25, 0.3) is 0 Å². The van der Waals surface area contributed by atoms with Crippen molar-refractivity contribution in [2.75, 3.05) is 25.8 Å². The molecule has 2 unspecified atom stereocenters. The number of hydrogen-bond acceptors (Lipinski definition) is 3. The van der Waals surface area contributed by atoms with E-state index in [4.69, 9.17) is 16.3 Å². The number of ether oxygens (including phenoxy) is 1. The Labute approximate surface area is 131 Å². The Morgan fingerprint density at radius 1 is 1.35 bits per heavy atom. The maximum absolute atomic E-state index is 6.14. The van der Waals surface area contributed by atoms with Gasteiger partial charge in [0.15, 0.2) is 0 Å². The second-order valence-corrected chi connectivity index (χ2v) is 6.70. The zero-order valence-electron chi connectivity index (χ0n) is 12.3. The minimum atomic E-state index is 0.537. The number of rotatable bonds is 6. The lowest BCUT2D eigenvalue weighted by atomic mass is 9.98. The van der Waals surface area contributed by atoms with Crippen LogP contribution in [0.2, 0.25) is 0 Å². The molecule has 0 aromatic heterocycles. The van der Waals surface area contributed by atoms with E-state index in [-0.39, 0.29) is 0 Å². The average Bonchev–Trinajstić information content (AvgIpc) is 2.51. The molecule has 2 atom stereocenters. The van der Waals surface area contributed by atoms with E-state index in [0.717, 1.165) is 18.2 Å². The van der Waals surface area contributed by atoms with Crippen LogP contribution in [0.25, 0.3) is 0 Å². The average molecular weight is 314 g/mol. The van der Waals surface area contributed by atoms with Crippen LogP contribution in [0, 0.1) is 0 Å². The fourth-order valence-electron chi connectivity index (χ4n) is 2.92. The van der Waals surface area contributed by atoms with Gasteiger partial charge in [-0.05, 0) is 43.3 Å². The second-order valence-electron chi connectivity index (χ2n) is 5.31. The SMILES string of the molecule is COc1ccc(CN2CCCCC2C(CCl)SC)cc1. The number of nitrogens with zero attached hydrogens (tertiary/aromatic N) is 1. The van der Waals surface area contributed by atoms with Crippen molar-refractivity contribution >= 4 is 23.4 Å². The first-order valence-electron chi connectivity index (χ1n) is 7.24. The van der Waals surface area contributed by atoms with Crippen molar-refractivity contribution in [2.24, 2.45) is 0 Å². The largest absolute Gasteiger partial charge is 0.497 e. The Hall–Kier alpha value is -0.380. The lowest BCUT2D eigenvalue weighted by Gasteiger charge is -2.39. The van der Waals surface area contributed by atoms with Crippen LogP contribution in [0.1, 0.15) is 24.8 Å². The van der Waals surface area contributed by atoms with Crippen LogP contribution in [0.3, 0.4) is 0 Å². The molecular weight excluding hydrogens is 290 g/mol. The molecule has 1 aliphatic rings. The van der Waals surface area contributed by atoms with Crippen LogP contribution >= 0.6 is 23.4 Å². The van der Waals surface area contributed by atoms with E-state index >= 15 is 0 Å². The minimum Gasteiger partial charge on any atom is -0.497 e. The third-order valence-corrected chi connectivity index (χ3v) is 5.69. The number of likely N-dealkylation sites (tertiary alicyclic amines) is 1. The van der Waals surface area contributed by atoms with Gasteiger partial charge in [0.1, 0.15) is 5.75 Å². The summed E-state index contributed by atoms with van der Waals surface area (Å²) in [6, 6.07) is 9.03. The molecule has 1 aromatic carbocycles. The zero-order valence-corrected chi connectivity index (χ0v) is 13.9. The summed E-state index contributed by atoms with van der Waals surface area (Å²) in [5, 5.41) is 0.537. The van der Waals surface area contributed by atoms with E-state index in [1.165, 1.54) is 31.4 Å².